The summed E-state index contributed by atoms with van der Waals surface area (Å²) in [5.74, 6) is 1.53. The van der Waals surface area contributed by atoms with E-state index in [0.717, 1.165) is 16.4 Å². The van der Waals surface area contributed by atoms with Gasteiger partial charge in [0.05, 0.1) is 11.4 Å². The second-order valence-electron chi connectivity index (χ2n) is 3.94. The summed E-state index contributed by atoms with van der Waals surface area (Å²) in [6.45, 7) is 0.403. The average molecular weight is 289 g/mol. The first-order chi connectivity index (χ1) is 9.33. The van der Waals surface area contributed by atoms with Crippen molar-refractivity contribution in [1.82, 2.24) is 5.32 Å². The number of hydrogen-bond acceptors (Lipinski definition) is 4. The molecule has 0 radical (unpaired) electrons. The predicted molar refractivity (Wildman–Crippen MR) is 77.5 cm³/mol. The fourth-order valence-corrected chi connectivity index (χ4v) is 3.01. The number of amides is 1. The van der Waals surface area contributed by atoms with E-state index in [2.05, 4.69) is 5.32 Å². The second kappa shape index (κ2) is 5.42. The molecule has 3 heterocycles. The van der Waals surface area contributed by atoms with Gasteiger partial charge >= 0.3 is 0 Å². The van der Waals surface area contributed by atoms with Crippen LogP contribution < -0.4 is 5.32 Å². The van der Waals surface area contributed by atoms with Crippen molar-refractivity contribution < 1.29 is 9.21 Å². The molecule has 0 saturated heterocycles. The smallest absolute Gasteiger partial charge is 0.252 e. The maximum absolute atomic E-state index is 11.8. The number of furan rings is 1. The van der Waals surface area contributed by atoms with E-state index >= 15 is 0 Å². The Balaban J connectivity index is 1.63. The number of rotatable bonds is 4. The zero-order chi connectivity index (χ0) is 13.1. The van der Waals surface area contributed by atoms with E-state index < -0.39 is 0 Å². The van der Waals surface area contributed by atoms with Crippen molar-refractivity contribution in [2.24, 2.45) is 0 Å². The Kier molecular flexibility index (Phi) is 3.48. The molecule has 0 atom stereocenters. The van der Waals surface area contributed by atoms with Crippen molar-refractivity contribution in [2.45, 2.75) is 6.54 Å². The molecule has 0 fully saturated rings. The Morgan fingerprint density at radius 1 is 1.21 bits per heavy atom. The first-order valence-electron chi connectivity index (χ1n) is 5.76. The quantitative estimate of drug-likeness (QED) is 0.789. The Morgan fingerprint density at radius 2 is 2.16 bits per heavy atom. The molecule has 5 heteroatoms. The molecule has 3 nitrogen and oxygen atoms in total. The van der Waals surface area contributed by atoms with E-state index in [1.54, 1.807) is 17.4 Å². The van der Waals surface area contributed by atoms with Crippen LogP contribution in [0.1, 0.15) is 16.1 Å². The lowest BCUT2D eigenvalue weighted by molar-refractivity contribution is 0.0948. The zero-order valence-corrected chi connectivity index (χ0v) is 11.6. The van der Waals surface area contributed by atoms with E-state index in [-0.39, 0.29) is 5.91 Å². The van der Waals surface area contributed by atoms with Crippen molar-refractivity contribution in [3.05, 3.63) is 57.8 Å². The van der Waals surface area contributed by atoms with Crippen LogP contribution in [0.5, 0.6) is 0 Å². The van der Waals surface area contributed by atoms with Gasteiger partial charge in [0.2, 0.25) is 0 Å². The van der Waals surface area contributed by atoms with Crippen molar-refractivity contribution in [3.8, 4) is 10.6 Å². The monoisotopic (exact) mass is 289 g/mol. The minimum atomic E-state index is -0.0738. The highest BCUT2D eigenvalue weighted by Crippen LogP contribution is 2.26. The fourth-order valence-electron chi connectivity index (χ4n) is 1.69. The van der Waals surface area contributed by atoms with Gasteiger partial charge in [-0.15, -0.1) is 11.3 Å². The zero-order valence-electron chi connectivity index (χ0n) is 9.96. The lowest BCUT2D eigenvalue weighted by Crippen LogP contribution is -2.21. The summed E-state index contributed by atoms with van der Waals surface area (Å²) in [4.78, 5) is 12.9. The van der Waals surface area contributed by atoms with Gasteiger partial charge in [-0.1, -0.05) is 6.07 Å². The van der Waals surface area contributed by atoms with Crippen LogP contribution in [0.2, 0.25) is 0 Å². The molecule has 0 aliphatic carbocycles. The van der Waals surface area contributed by atoms with E-state index in [0.29, 0.717) is 12.1 Å². The maximum Gasteiger partial charge on any atom is 0.252 e. The predicted octanol–water partition coefficient (Wildman–Crippen LogP) is 4.00. The third-order valence-electron chi connectivity index (χ3n) is 2.63. The second-order valence-corrected chi connectivity index (χ2v) is 5.67. The van der Waals surface area contributed by atoms with Crippen LogP contribution in [0, 0.1) is 0 Å². The number of carbonyl (C=O) groups excluding carboxylic acids is 1. The Labute approximate surface area is 118 Å². The number of nitrogens with one attached hydrogen (secondary N) is 1. The standard InChI is InChI=1S/C14H11NO2S2/c16-14(10-5-7-18-9-10)15-8-11-3-4-12(17-11)13-2-1-6-19-13/h1-7,9H,8H2,(H,15,16). The van der Waals surface area contributed by atoms with Crippen molar-refractivity contribution in [2.75, 3.05) is 0 Å². The van der Waals surface area contributed by atoms with E-state index in [1.807, 2.05) is 40.4 Å². The normalized spacial score (nSPS) is 10.5. The number of carbonyl (C=O) groups is 1. The molecule has 19 heavy (non-hydrogen) atoms. The molecule has 1 amide bonds. The molecule has 0 saturated carbocycles. The summed E-state index contributed by atoms with van der Waals surface area (Å²) in [5.41, 5.74) is 0.690. The third-order valence-corrected chi connectivity index (χ3v) is 4.20. The molecule has 3 aromatic heterocycles. The van der Waals surface area contributed by atoms with Gasteiger partial charge in [-0.25, -0.2) is 0 Å². The lowest BCUT2D eigenvalue weighted by atomic mass is 10.3. The highest BCUT2D eigenvalue weighted by Gasteiger charge is 2.08. The van der Waals surface area contributed by atoms with Gasteiger partial charge in [0.15, 0.2) is 0 Å². The molecule has 3 aromatic rings. The summed E-state index contributed by atoms with van der Waals surface area (Å²) in [5, 5.41) is 8.56. The first-order valence-corrected chi connectivity index (χ1v) is 7.58. The maximum atomic E-state index is 11.8. The molecule has 0 aliphatic rings. The summed E-state index contributed by atoms with van der Waals surface area (Å²) in [6.07, 6.45) is 0. The Hall–Kier alpha value is -1.85. The van der Waals surface area contributed by atoms with Gasteiger partial charge in [0, 0.05) is 10.9 Å². The van der Waals surface area contributed by atoms with Gasteiger partial charge in [0.1, 0.15) is 11.5 Å². The molecule has 0 unspecified atom stereocenters. The van der Waals surface area contributed by atoms with E-state index in [9.17, 15) is 4.79 Å². The molecular weight excluding hydrogens is 278 g/mol. The minimum absolute atomic E-state index is 0.0738. The lowest BCUT2D eigenvalue weighted by Gasteiger charge is -2.00. The van der Waals surface area contributed by atoms with Crippen LogP contribution in [0.25, 0.3) is 10.6 Å². The van der Waals surface area contributed by atoms with Crippen molar-refractivity contribution in [1.29, 1.82) is 0 Å². The largest absolute Gasteiger partial charge is 0.458 e. The number of thiophene rings is 2. The first kappa shape index (κ1) is 12.2. The fraction of sp³-hybridized carbons (Fsp3) is 0.0714. The van der Waals surface area contributed by atoms with Crippen LogP contribution in [-0.2, 0) is 6.54 Å². The molecule has 3 rings (SSSR count). The molecule has 0 aliphatic heterocycles. The van der Waals surface area contributed by atoms with E-state index in [1.165, 1.54) is 11.3 Å². The molecule has 1 N–H and O–H groups in total. The summed E-state index contributed by atoms with van der Waals surface area (Å²) >= 11 is 3.14. The van der Waals surface area contributed by atoms with Gasteiger partial charge in [-0.3, -0.25) is 4.79 Å². The van der Waals surface area contributed by atoms with Crippen molar-refractivity contribution in [3.63, 3.8) is 0 Å². The summed E-state index contributed by atoms with van der Waals surface area (Å²) in [7, 11) is 0. The van der Waals surface area contributed by atoms with Gasteiger partial charge in [-0.2, -0.15) is 11.3 Å². The summed E-state index contributed by atoms with van der Waals surface area (Å²) < 4.78 is 5.69. The van der Waals surface area contributed by atoms with Crippen LogP contribution in [-0.4, -0.2) is 5.91 Å². The van der Waals surface area contributed by atoms with Gasteiger partial charge in [0.25, 0.3) is 5.91 Å². The summed E-state index contributed by atoms with van der Waals surface area (Å²) in [6, 6.07) is 9.62. The Bertz CT molecular complexity index is 654. The highest BCUT2D eigenvalue weighted by atomic mass is 32.1. The highest BCUT2D eigenvalue weighted by molar-refractivity contribution is 7.13. The van der Waals surface area contributed by atoms with Crippen LogP contribution >= 0.6 is 22.7 Å². The Morgan fingerprint density at radius 3 is 2.89 bits per heavy atom. The topological polar surface area (TPSA) is 42.2 Å². The molecular formula is C14H11NO2S2. The van der Waals surface area contributed by atoms with Crippen LogP contribution in [0.15, 0.2) is 50.9 Å². The van der Waals surface area contributed by atoms with Crippen molar-refractivity contribution >= 4 is 28.6 Å². The van der Waals surface area contributed by atoms with Crippen LogP contribution in [0.4, 0.5) is 0 Å². The van der Waals surface area contributed by atoms with E-state index in [4.69, 9.17) is 4.42 Å². The van der Waals surface area contributed by atoms with Gasteiger partial charge < -0.3 is 9.73 Å². The van der Waals surface area contributed by atoms with Crippen LogP contribution in [0.3, 0.4) is 0 Å². The number of hydrogen-bond donors (Lipinski definition) is 1. The molecule has 0 spiro atoms. The molecule has 96 valence electrons. The third kappa shape index (κ3) is 2.77. The SMILES string of the molecule is O=C(NCc1ccc(-c2cccs2)o1)c1ccsc1. The van der Waals surface area contributed by atoms with Gasteiger partial charge in [-0.05, 0) is 35.0 Å². The average Bonchev–Trinajstić information content (AvgIpc) is 3.14. The molecule has 0 bridgehead atoms. The molecule has 0 aromatic carbocycles. The minimum Gasteiger partial charge on any atom is -0.458 e.